The molecule has 0 fully saturated rings. The van der Waals surface area contributed by atoms with Crippen LogP contribution < -0.4 is 0 Å². The zero-order valence-electron chi connectivity index (χ0n) is 4.05. The molecule has 0 saturated carbocycles. The summed E-state index contributed by atoms with van der Waals surface area (Å²) in [5, 5.41) is 14.4. The number of rotatable bonds is 3. The first-order valence-corrected chi connectivity index (χ1v) is 6.62. The quantitative estimate of drug-likeness (QED) is 0.335. The van der Waals surface area contributed by atoms with E-state index in [1.54, 1.807) is 0 Å². The van der Waals surface area contributed by atoms with E-state index in [1.807, 2.05) is 9.86 Å². The molecule has 0 aliphatic heterocycles. The predicted molar refractivity (Wildman–Crippen MR) is 31.8 cm³/mol. The van der Waals surface area contributed by atoms with Crippen LogP contribution in [0.15, 0.2) is 0 Å². The molecule has 7 heavy (non-hydrogen) atoms. The van der Waals surface area contributed by atoms with Crippen LogP contribution in [0.2, 0.25) is 0 Å². The van der Waals surface area contributed by atoms with Gasteiger partial charge in [0.1, 0.15) is 0 Å². The van der Waals surface area contributed by atoms with Gasteiger partial charge < -0.3 is 0 Å². The molecule has 0 aromatic heterocycles. The van der Waals surface area contributed by atoms with Gasteiger partial charge in [0.25, 0.3) is 0 Å². The molecule has 0 bridgehead atoms. The number of hydrogen-bond donors (Lipinski definition) is 1. The molecular weight excluding hydrogens is 215 g/mol. The first-order chi connectivity index (χ1) is 3.27. The van der Waals surface area contributed by atoms with Crippen molar-refractivity contribution in [3.05, 3.63) is 0 Å². The fraction of sp³-hybridized carbons (Fsp3) is 1.00. The minimum atomic E-state index is -1.34. The number of halogens is 1. The Labute approximate surface area is 49.1 Å². The second-order valence-electron chi connectivity index (χ2n) is 0.892. The Hall–Kier alpha value is 0.570. The Bertz CT molecular complexity index is 38.7. The monoisotopic (exact) mass is 222 g/mol. The second-order valence-corrected chi connectivity index (χ2v) is 5.17. The van der Waals surface area contributed by atoms with Gasteiger partial charge in [0, 0.05) is 0 Å². The molecule has 0 amide bonds. The van der Waals surface area contributed by atoms with Gasteiger partial charge in [-0.1, -0.05) is 0 Å². The van der Waals surface area contributed by atoms with Gasteiger partial charge in [-0.25, -0.2) is 0 Å². The van der Waals surface area contributed by atoms with Gasteiger partial charge in [0.15, 0.2) is 0 Å². The van der Waals surface area contributed by atoms with Crippen molar-refractivity contribution < 1.29 is 18.6 Å². The van der Waals surface area contributed by atoms with Crippen LogP contribution >= 0.6 is 20.2 Å². The molecule has 0 heterocycles. The summed E-state index contributed by atoms with van der Waals surface area (Å²) in [7, 11) is 0. The first kappa shape index (κ1) is 7.57. The summed E-state index contributed by atoms with van der Waals surface area (Å²) >= 11 is -1.34. The van der Waals surface area contributed by atoms with Crippen LogP contribution in [0.1, 0.15) is 0 Å². The Morgan fingerprint density at radius 3 is 2.14 bits per heavy atom. The van der Waals surface area contributed by atoms with Crippen LogP contribution in [0.3, 0.4) is 0 Å². The van der Waals surface area contributed by atoms with Crippen molar-refractivity contribution in [3.8, 4) is 0 Å². The van der Waals surface area contributed by atoms with Crippen molar-refractivity contribution in [3.63, 3.8) is 0 Å². The average Bonchev–Trinajstić information content (AvgIpc) is 1.61. The predicted octanol–water partition coefficient (Wildman–Crippen LogP) is 1.02. The van der Waals surface area contributed by atoms with Crippen LogP contribution in [-0.4, -0.2) is 15.1 Å². The molecule has 0 rings (SSSR count). The van der Waals surface area contributed by atoms with Gasteiger partial charge in [-0.15, -0.1) is 0 Å². The molecule has 0 aromatic rings. The van der Waals surface area contributed by atoms with E-state index in [0.29, 0.717) is 0 Å². The third kappa shape index (κ3) is 6.57. The van der Waals surface area contributed by atoms with E-state index < -0.39 is 20.2 Å². The number of hydrogen-bond acceptors (Lipinski definition) is 4. The molecule has 0 spiro atoms. The van der Waals surface area contributed by atoms with Gasteiger partial charge in [0.05, 0.1) is 0 Å². The Morgan fingerprint density at radius 1 is 1.43 bits per heavy atom. The second kappa shape index (κ2) is 4.72. The minimum absolute atomic E-state index is 1.34. The SMILES string of the molecule is CI(C)OOOO. The molecule has 0 aliphatic rings. The normalized spacial score (nSPS) is 11.6. The van der Waals surface area contributed by atoms with Gasteiger partial charge in [-0.3, -0.25) is 0 Å². The summed E-state index contributed by atoms with van der Waals surface area (Å²) < 4.78 is 4.38. The summed E-state index contributed by atoms with van der Waals surface area (Å²) in [5.41, 5.74) is 0. The molecule has 46 valence electrons. The van der Waals surface area contributed by atoms with Crippen LogP contribution in [0.5, 0.6) is 0 Å². The summed E-state index contributed by atoms with van der Waals surface area (Å²) in [4.78, 5) is 3.78. The maximum absolute atomic E-state index is 7.49. The summed E-state index contributed by atoms with van der Waals surface area (Å²) in [6.07, 6.45) is 0. The fourth-order valence-corrected chi connectivity index (χ4v) is 0.422. The number of alkyl halides is 2. The average molecular weight is 222 g/mol. The fourth-order valence-electron chi connectivity index (χ4n) is 0.0629. The molecular formula is C2H7IO4. The standard InChI is InChI=1S/C2H7IO4/c1-3(2)5-7-6-4/h4H,1-2H3. The van der Waals surface area contributed by atoms with E-state index in [0.717, 1.165) is 0 Å². The zero-order valence-corrected chi connectivity index (χ0v) is 6.21. The van der Waals surface area contributed by atoms with Crippen molar-refractivity contribution in [2.24, 2.45) is 0 Å². The Balaban J connectivity index is 2.68. The molecule has 0 aliphatic carbocycles. The molecule has 1 N–H and O–H groups in total. The van der Waals surface area contributed by atoms with Gasteiger partial charge in [0.2, 0.25) is 0 Å². The van der Waals surface area contributed by atoms with Crippen molar-refractivity contribution in [1.82, 2.24) is 0 Å². The van der Waals surface area contributed by atoms with Crippen LogP contribution in [-0.2, 0) is 13.3 Å². The summed E-state index contributed by atoms with van der Waals surface area (Å²) in [5.74, 6) is 0. The third-order valence-corrected chi connectivity index (χ3v) is 1.05. The third-order valence-electron chi connectivity index (χ3n) is 0.182. The summed E-state index contributed by atoms with van der Waals surface area (Å²) in [6.45, 7) is 0. The first-order valence-electron chi connectivity index (χ1n) is 1.43. The van der Waals surface area contributed by atoms with Crippen molar-refractivity contribution >= 4 is 20.2 Å². The van der Waals surface area contributed by atoms with E-state index in [2.05, 4.69) is 13.3 Å². The van der Waals surface area contributed by atoms with Gasteiger partial charge in [-0.2, -0.15) is 0 Å². The summed E-state index contributed by atoms with van der Waals surface area (Å²) in [6, 6.07) is 0. The molecule has 0 saturated heterocycles. The van der Waals surface area contributed by atoms with Crippen LogP contribution in [0, 0.1) is 0 Å². The maximum atomic E-state index is 7.49. The molecule has 0 radical (unpaired) electrons. The molecule has 0 atom stereocenters. The van der Waals surface area contributed by atoms with Crippen LogP contribution in [0.4, 0.5) is 0 Å². The van der Waals surface area contributed by atoms with Crippen LogP contribution in [0.25, 0.3) is 0 Å². The van der Waals surface area contributed by atoms with Gasteiger partial charge >= 0.3 is 48.6 Å². The van der Waals surface area contributed by atoms with Gasteiger partial charge in [-0.05, 0) is 0 Å². The zero-order chi connectivity index (χ0) is 5.70. The van der Waals surface area contributed by atoms with E-state index in [4.69, 9.17) is 5.26 Å². The Morgan fingerprint density at radius 2 is 2.00 bits per heavy atom. The van der Waals surface area contributed by atoms with Crippen molar-refractivity contribution in [2.75, 3.05) is 9.86 Å². The Kier molecular flexibility index (Phi) is 5.11. The van der Waals surface area contributed by atoms with Crippen molar-refractivity contribution in [1.29, 1.82) is 0 Å². The topological polar surface area (TPSA) is 47.9 Å². The van der Waals surface area contributed by atoms with Crippen molar-refractivity contribution in [2.45, 2.75) is 0 Å². The van der Waals surface area contributed by atoms with E-state index in [1.165, 1.54) is 0 Å². The molecule has 0 aromatic carbocycles. The van der Waals surface area contributed by atoms with E-state index >= 15 is 0 Å². The van der Waals surface area contributed by atoms with E-state index in [9.17, 15) is 0 Å². The van der Waals surface area contributed by atoms with E-state index in [-0.39, 0.29) is 0 Å². The molecule has 0 unspecified atom stereocenters. The molecule has 5 heteroatoms. The molecule has 4 nitrogen and oxygen atoms in total.